The van der Waals surface area contributed by atoms with Crippen LogP contribution in [0.15, 0.2) is 24.3 Å². The van der Waals surface area contributed by atoms with E-state index in [2.05, 4.69) is 0 Å². The molecular weight excluding hydrogens is 268 g/mol. The molecule has 0 unspecified atom stereocenters. The molecule has 0 saturated heterocycles. The number of thioether (sulfide) groups is 1. The van der Waals surface area contributed by atoms with E-state index in [-0.39, 0.29) is 10.7 Å². The highest BCUT2D eigenvalue weighted by atomic mass is 32.2. The van der Waals surface area contributed by atoms with Crippen molar-refractivity contribution in [2.24, 2.45) is 0 Å². The van der Waals surface area contributed by atoms with Crippen LogP contribution in [0.25, 0.3) is 6.08 Å². The van der Waals surface area contributed by atoms with Crippen molar-refractivity contribution in [3.63, 3.8) is 0 Å². The predicted molar refractivity (Wildman–Crippen MR) is 63.6 cm³/mol. The van der Waals surface area contributed by atoms with Gasteiger partial charge >= 0.3 is 6.18 Å². The SMILES string of the molecule is CC(=O)SCC=Cc1cc(C(F)(F)F)ccc1F. The third kappa shape index (κ3) is 4.52. The average molecular weight is 278 g/mol. The van der Waals surface area contributed by atoms with E-state index in [1.165, 1.54) is 19.1 Å². The molecule has 0 heterocycles. The first-order chi connectivity index (χ1) is 8.30. The molecule has 0 spiro atoms. The summed E-state index contributed by atoms with van der Waals surface area (Å²) in [7, 11) is 0. The van der Waals surface area contributed by atoms with Gasteiger partial charge in [0, 0.05) is 18.2 Å². The van der Waals surface area contributed by atoms with Crippen molar-refractivity contribution in [1.82, 2.24) is 0 Å². The Balaban J connectivity index is 2.85. The zero-order valence-corrected chi connectivity index (χ0v) is 10.2. The van der Waals surface area contributed by atoms with E-state index in [1.54, 1.807) is 0 Å². The van der Waals surface area contributed by atoms with Gasteiger partial charge < -0.3 is 0 Å². The third-order valence-electron chi connectivity index (χ3n) is 2.00. The average Bonchev–Trinajstić information content (AvgIpc) is 2.24. The van der Waals surface area contributed by atoms with Gasteiger partial charge in [-0.05, 0) is 18.2 Å². The number of rotatable bonds is 3. The summed E-state index contributed by atoms with van der Waals surface area (Å²) in [6.07, 6.45) is -1.81. The number of carbonyl (C=O) groups excluding carboxylic acids is 1. The van der Waals surface area contributed by atoms with Gasteiger partial charge in [-0.25, -0.2) is 4.39 Å². The number of carbonyl (C=O) groups is 1. The lowest BCUT2D eigenvalue weighted by molar-refractivity contribution is -0.137. The molecule has 98 valence electrons. The molecule has 1 aromatic rings. The molecule has 0 aromatic heterocycles. The van der Waals surface area contributed by atoms with Gasteiger partial charge in [0.05, 0.1) is 5.56 Å². The fourth-order valence-electron chi connectivity index (χ4n) is 1.19. The fraction of sp³-hybridized carbons (Fsp3) is 0.250. The van der Waals surface area contributed by atoms with Gasteiger partial charge in [0.2, 0.25) is 0 Å². The van der Waals surface area contributed by atoms with Gasteiger partial charge in [0.1, 0.15) is 5.82 Å². The molecule has 1 nitrogen and oxygen atoms in total. The maximum Gasteiger partial charge on any atom is 0.416 e. The number of benzene rings is 1. The summed E-state index contributed by atoms with van der Waals surface area (Å²) in [5.74, 6) is -0.433. The summed E-state index contributed by atoms with van der Waals surface area (Å²) >= 11 is 0.996. The zero-order valence-electron chi connectivity index (χ0n) is 9.42. The normalized spacial score (nSPS) is 12.1. The summed E-state index contributed by atoms with van der Waals surface area (Å²) in [6, 6.07) is 2.21. The standard InChI is InChI=1S/C12H10F4OS/c1-8(17)18-6-2-3-9-7-10(12(14,15)16)4-5-11(9)13/h2-5,7H,6H2,1H3. The minimum absolute atomic E-state index is 0.107. The van der Waals surface area contributed by atoms with Crippen molar-refractivity contribution in [3.8, 4) is 0 Å². The first-order valence-electron chi connectivity index (χ1n) is 4.97. The van der Waals surface area contributed by atoms with Crippen LogP contribution in [0.1, 0.15) is 18.1 Å². The molecule has 1 rings (SSSR count). The van der Waals surface area contributed by atoms with Gasteiger partial charge in [-0.15, -0.1) is 0 Å². The quantitative estimate of drug-likeness (QED) is 0.773. The molecular formula is C12H10F4OS. The minimum Gasteiger partial charge on any atom is -0.288 e. The van der Waals surface area contributed by atoms with Crippen molar-refractivity contribution in [2.45, 2.75) is 13.1 Å². The van der Waals surface area contributed by atoms with E-state index >= 15 is 0 Å². The second-order valence-electron chi connectivity index (χ2n) is 3.44. The van der Waals surface area contributed by atoms with Crippen LogP contribution >= 0.6 is 11.8 Å². The first-order valence-corrected chi connectivity index (χ1v) is 5.96. The smallest absolute Gasteiger partial charge is 0.288 e. The van der Waals surface area contributed by atoms with Crippen LogP contribution in [0.2, 0.25) is 0 Å². The van der Waals surface area contributed by atoms with Crippen LogP contribution in [0.4, 0.5) is 17.6 Å². The summed E-state index contributed by atoms with van der Waals surface area (Å²) in [4.78, 5) is 10.6. The maximum atomic E-state index is 13.3. The van der Waals surface area contributed by atoms with Crippen molar-refractivity contribution in [3.05, 3.63) is 41.2 Å². The van der Waals surface area contributed by atoms with Crippen molar-refractivity contribution in [1.29, 1.82) is 0 Å². The molecule has 18 heavy (non-hydrogen) atoms. The Labute approximate surface area is 106 Å². The second kappa shape index (κ2) is 6.04. The van der Waals surface area contributed by atoms with Crippen LogP contribution in [-0.2, 0) is 11.0 Å². The van der Waals surface area contributed by atoms with Gasteiger partial charge in [-0.2, -0.15) is 13.2 Å². The van der Waals surface area contributed by atoms with Crippen molar-refractivity contribution < 1.29 is 22.4 Å². The Kier molecular flexibility index (Phi) is 4.95. The van der Waals surface area contributed by atoms with Crippen molar-refractivity contribution >= 4 is 23.0 Å². The van der Waals surface area contributed by atoms with E-state index in [4.69, 9.17) is 0 Å². The predicted octanol–water partition coefficient (Wildman–Crippen LogP) is 4.14. The Hall–Kier alpha value is -1.30. The van der Waals surface area contributed by atoms with Gasteiger partial charge in [0.15, 0.2) is 5.12 Å². The van der Waals surface area contributed by atoms with E-state index in [0.717, 1.165) is 23.9 Å². The molecule has 0 aliphatic carbocycles. The number of alkyl halides is 3. The lowest BCUT2D eigenvalue weighted by atomic mass is 10.1. The van der Waals surface area contributed by atoms with Gasteiger partial charge in [0.25, 0.3) is 0 Å². The Morgan fingerprint density at radius 1 is 1.39 bits per heavy atom. The van der Waals surface area contributed by atoms with Gasteiger partial charge in [-0.1, -0.05) is 23.9 Å². The molecule has 0 amide bonds. The Bertz CT molecular complexity index is 466. The number of hydrogen-bond acceptors (Lipinski definition) is 2. The van der Waals surface area contributed by atoms with E-state index < -0.39 is 17.6 Å². The molecule has 6 heteroatoms. The topological polar surface area (TPSA) is 17.1 Å². The molecule has 0 aliphatic rings. The Morgan fingerprint density at radius 2 is 2.06 bits per heavy atom. The first kappa shape index (κ1) is 14.8. The van der Waals surface area contributed by atoms with Crippen LogP contribution in [0.3, 0.4) is 0 Å². The highest BCUT2D eigenvalue weighted by Gasteiger charge is 2.30. The molecule has 0 bridgehead atoms. The van der Waals surface area contributed by atoms with Crippen LogP contribution in [-0.4, -0.2) is 10.9 Å². The Morgan fingerprint density at radius 3 is 2.61 bits per heavy atom. The zero-order chi connectivity index (χ0) is 13.8. The third-order valence-corrected chi connectivity index (χ3v) is 2.77. The molecule has 0 aliphatic heterocycles. The lowest BCUT2D eigenvalue weighted by Gasteiger charge is -2.07. The second-order valence-corrected chi connectivity index (χ2v) is 4.64. The summed E-state index contributed by atoms with van der Waals surface area (Å²) < 4.78 is 50.4. The van der Waals surface area contributed by atoms with Crippen LogP contribution in [0, 0.1) is 5.82 Å². The molecule has 0 radical (unpaired) electrons. The molecule has 1 aromatic carbocycles. The highest BCUT2D eigenvalue weighted by molar-refractivity contribution is 8.13. The summed E-state index contributed by atoms with van der Waals surface area (Å²) in [5, 5.41) is -0.107. The molecule has 0 fully saturated rings. The lowest BCUT2D eigenvalue weighted by Crippen LogP contribution is -2.05. The maximum absolute atomic E-state index is 13.3. The monoisotopic (exact) mass is 278 g/mol. The van der Waals surface area contributed by atoms with E-state index in [1.807, 2.05) is 0 Å². The highest BCUT2D eigenvalue weighted by Crippen LogP contribution is 2.30. The largest absolute Gasteiger partial charge is 0.416 e. The molecule has 0 atom stereocenters. The van der Waals surface area contributed by atoms with Gasteiger partial charge in [-0.3, -0.25) is 4.79 Å². The molecule has 0 N–H and O–H groups in total. The number of halogens is 4. The number of hydrogen-bond donors (Lipinski definition) is 0. The summed E-state index contributed by atoms with van der Waals surface area (Å²) in [6.45, 7) is 1.38. The minimum atomic E-state index is -4.50. The summed E-state index contributed by atoms with van der Waals surface area (Å²) in [5.41, 5.74) is -1.04. The van der Waals surface area contributed by atoms with Crippen LogP contribution in [0.5, 0.6) is 0 Å². The molecule has 0 saturated carbocycles. The van der Waals surface area contributed by atoms with E-state index in [0.29, 0.717) is 11.8 Å². The fourth-order valence-corrected chi connectivity index (χ4v) is 1.62. The van der Waals surface area contributed by atoms with E-state index in [9.17, 15) is 22.4 Å². The van der Waals surface area contributed by atoms with Crippen LogP contribution < -0.4 is 0 Å². The van der Waals surface area contributed by atoms with Crippen molar-refractivity contribution in [2.75, 3.05) is 5.75 Å².